The Morgan fingerprint density at radius 3 is 2.12 bits per heavy atom. The van der Waals surface area contributed by atoms with Crippen LogP contribution >= 0.6 is 12.2 Å². The molecule has 0 aliphatic rings. The zero-order valence-electron chi connectivity index (χ0n) is 11.7. The van der Waals surface area contributed by atoms with Crippen molar-refractivity contribution < 1.29 is 0 Å². The van der Waals surface area contributed by atoms with Crippen LogP contribution in [0.15, 0.2) is 0 Å². The highest BCUT2D eigenvalue weighted by Gasteiger charge is 2.18. The molecular weight excluding hydrogens is 212 g/mol. The van der Waals surface area contributed by atoms with Crippen LogP contribution in [0.4, 0.5) is 0 Å². The lowest BCUT2D eigenvalue weighted by Gasteiger charge is -2.26. The third-order valence-corrected chi connectivity index (χ3v) is 4.34. The van der Waals surface area contributed by atoms with E-state index in [-0.39, 0.29) is 0 Å². The summed E-state index contributed by atoms with van der Waals surface area (Å²) in [5.41, 5.74) is 0. The molecule has 0 aliphatic carbocycles. The van der Waals surface area contributed by atoms with Crippen LogP contribution in [0.2, 0.25) is 0 Å². The van der Waals surface area contributed by atoms with Crippen LogP contribution < -0.4 is 0 Å². The van der Waals surface area contributed by atoms with Crippen molar-refractivity contribution in [2.75, 3.05) is 0 Å². The van der Waals surface area contributed by atoms with Gasteiger partial charge in [-0.2, -0.15) is 0 Å². The average Bonchev–Trinajstić information content (AvgIpc) is 2.31. The van der Waals surface area contributed by atoms with Crippen molar-refractivity contribution >= 4 is 17.6 Å². The topological polar surface area (TPSA) is 0 Å². The highest BCUT2D eigenvalue weighted by Crippen LogP contribution is 2.29. The Labute approximate surface area is 108 Å². The summed E-state index contributed by atoms with van der Waals surface area (Å²) < 4.78 is 0. The molecule has 0 nitrogen and oxygen atoms in total. The first kappa shape index (κ1) is 16.1. The van der Waals surface area contributed by atoms with E-state index in [1.165, 1.54) is 38.5 Å². The van der Waals surface area contributed by atoms with Crippen molar-refractivity contribution in [3.05, 3.63) is 0 Å². The zero-order chi connectivity index (χ0) is 12.4. The van der Waals surface area contributed by atoms with E-state index in [0.717, 1.165) is 24.2 Å². The maximum Gasteiger partial charge on any atom is -0.0210 e. The molecule has 0 aliphatic heterocycles. The van der Waals surface area contributed by atoms with Gasteiger partial charge in [-0.15, -0.1) is 0 Å². The number of hydrogen-bond donors (Lipinski definition) is 0. The summed E-state index contributed by atoms with van der Waals surface area (Å²) in [6, 6.07) is 0. The van der Waals surface area contributed by atoms with Gasteiger partial charge in [0.1, 0.15) is 0 Å². The molecule has 0 bridgehead atoms. The predicted molar refractivity (Wildman–Crippen MR) is 79.1 cm³/mol. The van der Waals surface area contributed by atoms with E-state index in [1.807, 2.05) is 5.37 Å². The summed E-state index contributed by atoms with van der Waals surface area (Å²) in [6.07, 6.45) is 9.22. The van der Waals surface area contributed by atoms with Gasteiger partial charge in [0.15, 0.2) is 0 Å². The molecule has 0 rings (SSSR count). The number of rotatable bonds is 10. The summed E-state index contributed by atoms with van der Waals surface area (Å²) >= 11 is 4.88. The Morgan fingerprint density at radius 2 is 1.69 bits per heavy atom. The average molecular weight is 242 g/mol. The van der Waals surface area contributed by atoms with Gasteiger partial charge in [0, 0.05) is 0 Å². The lowest BCUT2D eigenvalue weighted by atomic mass is 9.80. The monoisotopic (exact) mass is 242 g/mol. The Hall–Kier alpha value is 0.0900. The summed E-state index contributed by atoms with van der Waals surface area (Å²) in [6.45, 7) is 9.44. The van der Waals surface area contributed by atoms with Crippen molar-refractivity contribution in [3.8, 4) is 0 Å². The van der Waals surface area contributed by atoms with Crippen LogP contribution in [0, 0.1) is 17.8 Å². The maximum absolute atomic E-state index is 4.88. The minimum Gasteiger partial charge on any atom is -0.0935 e. The fourth-order valence-electron chi connectivity index (χ4n) is 2.61. The fourth-order valence-corrected chi connectivity index (χ4v) is 2.78. The third kappa shape index (κ3) is 6.62. The molecule has 2 atom stereocenters. The summed E-state index contributed by atoms with van der Waals surface area (Å²) in [7, 11) is 0. The van der Waals surface area contributed by atoms with E-state index < -0.39 is 0 Å². The zero-order valence-corrected chi connectivity index (χ0v) is 12.5. The molecule has 0 saturated carbocycles. The largest absolute Gasteiger partial charge is 0.0935 e. The first-order valence-electron chi connectivity index (χ1n) is 7.13. The van der Waals surface area contributed by atoms with Gasteiger partial charge >= 0.3 is 0 Å². The van der Waals surface area contributed by atoms with Gasteiger partial charge in [0.05, 0.1) is 0 Å². The lowest BCUT2D eigenvalue weighted by molar-refractivity contribution is 0.252. The molecule has 96 valence electrons. The van der Waals surface area contributed by atoms with Crippen LogP contribution in [0.5, 0.6) is 0 Å². The predicted octanol–water partition coefficient (Wildman–Crippen LogP) is 5.65. The summed E-state index contributed by atoms with van der Waals surface area (Å²) in [4.78, 5) is 0. The van der Waals surface area contributed by atoms with Crippen LogP contribution in [-0.2, 0) is 0 Å². The van der Waals surface area contributed by atoms with Gasteiger partial charge in [0.25, 0.3) is 0 Å². The maximum atomic E-state index is 4.88. The SMILES string of the molecule is CCC(CC)C[C@@H](CC)C(C)CCCC=S. The van der Waals surface area contributed by atoms with Gasteiger partial charge in [0.2, 0.25) is 0 Å². The molecule has 0 spiro atoms. The molecule has 0 fully saturated rings. The molecule has 1 heteroatoms. The minimum atomic E-state index is 0.876. The van der Waals surface area contributed by atoms with E-state index in [2.05, 4.69) is 27.7 Å². The number of hydrogen-bond acceptors (Lipinski definition) is 1. The molecule has 16 heavy (non-hydrogen) atoms. The van der Waals surface area contributed by atoms with E-state index in [9.17, 15) is 0 Å². The Balaban J connectivity index is 3.98. The van der Waals surface area contributed by atoms with Crippen LogP contribution in [0.3, 0.4) is 0 Å². The standard InChI is InChI=1S/C15H30S/c1-5-14(6-2)12-15(7-3)13(4)10-8-9-11-16/h11,13-15H,5-10,12H2,1-4H3/t13?,15-/m1/s1. The van der Waals surface area contributed by atoms with Crippen molar-refractivity contribution in [1.29, 1.82) is 0 Å². The lowest BCUT2D eigenvalue weighted by Crippen LogP contribution is -2.15. The third-order valence-electron chi connectivity index (χ3n) is 4.10. The summed E-state index contributed by atoms with van der Waals surface area (Å²) in [5.74, 6) is 2.74. The van der Waals surface area contributed by atoms with Gasteiger partial charge in [-0.1, -0.05) is 65.6 Å². The second-order valence-corrected chi connectivity index (χ2v) is 5.49. The second kappa shape index (κ2) is 10.3. The van der Waals surface area contributed by atoms with Crippen LogP contribution in [-0.4, -0.2) is 5.37 Å². The molecular formula is C15H30S. The first-order valence-corrected chi connectivity index (χ1v) is 7.60. The van der Waals surface area contributed by atoms with E-state index in [1.54, 1.807) is 0 Å². The van der Waals surface area contributed by atoms with Gasteiger partial charge in [-0.05, 0) is 42.4 Å². The molecule has 0 radical (unpaired) electrons. The van der Waals surface area contributed by atoms with Gasteiger partial charge in [-0.3, -0.25) is 0 Å². The highest BCUT2D eigenvalue weighted by atomic mass is 32.1. The quantitative estimate of drug-likeness (QED) is 0.352. The molecule has 0 N–H and O–H groups in total. The van der Waals surface area contributed by atoms with Gasteiger partial charge < -0.3 is 0 Å². The molecule has 0 saturated heterocycles. The van der Waals surface area contributed by atoms with E-state index >= 15 is 0 Å². The molecule has 0 aromatic rings. The van der Waals surface area contributed by atoms with Crippen molar-refractivity contribution in [3.63, 3.8) is 0 Å². The van der Waals surface area contributed by atoms with Crippen molar-refractivity contribution in [2.24, 2.45) is 17.8 Å². The van der Waals surface area contributed by atoms with Crippen LogP contribution in [0.25, 0.3) is 0 Å². The molecule has 0 amide bonds. The number of thiocarbonyl (C=S) groups is 1. The normalized spacial score (nSPS) is 15.1. The molecule has 0 aromatic carbocycles. The van der Waals surface area contributed by atoms with E-state index in [4.69, 9.17) is 12.2 Å². The van der Waals surface area contributed by atoms with Crippen molar-refractivity contribution in [2.45, 2.75) is 72.6 Å². The molecule has 0 aromatic heterocycles. The Morgan fingerprint density at radius 1 is 1.06 bits per heavy atom. The summed E-state index contributed by atoms with van der Waals surface area (Å²) in [5, 5.41) is 1.88. The first-order chi connectivity index (χ1) is 7.69. The fraction of sp³-hybridized carbons (Fsp3) is 0.933. The molecule has 1 unspecified atom stereocenters. The molecule has 0 heterocycles. The second-order valence-electron chi connectivity index (χ2n) is 5.16. The van der Waals surface area contributed by atoms with E-state index in [0.29, 0.717) is 0 Å². The van der Waals surface area contributed by atoms with Crippen LogP contribution in [0.1, 0.15) is 72.6 Å². The Kier molecular flexibility index (Phi) is 10.3. The Bertz CT molecular complexity index is 161. The van der Waals surface area contributed by atoms with Crippen molar-refractivity contribution in [1.82, 2.24) is 0 Å². The number of unbranched alkanes of at least 4 members (excludes halogenated alkanes) is 1. The highest BCUT2D eigenvalue weighted by molar-refractivity contribution is 7.78. The smallest absolute Gasteiger partial charge is 0.0210 e. The minimum absolute atomic E-state index is 0.876. The van der Waals surface area contributed by atoms with Gasteiger partial charge in [-0.25, -0.2) is 0 Å².